The number of hydrogen-bond donors (Lipinski definition) is 1. The standard InChI is InChI=1S/C14H21FN2O/c1-3-17(4-2)11-14(18)16-10-9-12-7-5-6-8-13(12)15/h5-8H,3-4,9-11H2,1-2H3,(H,16,18). The molecule has 0 saturated carbocycles. The zero-order valence-electron chi connectivity index (χ0n) is 11.1. The van der Waals surface area contributed by atoms with E-state index < -0.39 is 0 Å². The highest BCUT2D eigenvalue weighted by atomic mass is 19.1. The van der Waals surface area contributed by atoms with Crippen molar-refractivity contribution in [3.05, 3.63) is 35.6 Å². The van der Waals surface area contributed by atoms with Crippen molar-refractivity contribution in [1.82, 2.24) is 10.2 Å². The average Bonchev–Trinajstić information content (AvgIpc) is 2.38. The number of halogens is 1. The molecule has 0 atom stereocenters. The number of carbonyl (C=O) groups excluding carboxylic acids is 1. The third-order valence-electron chi connectivity index (χ3n) is 2.94. The molecular formula is C14H21FN2O. The van der Waals surface area contributed by atoms with Gasteiger partial charge in [-0.25, -0.2) is 4.39 Å². The maximum Gasteiger partial charge on any atom is 0.234 e. The molecular weight excluding hydrogens is 231 g/mol. The number of rotatable bonds is 7. The molecule has 0 unspecified atom stereocenters. The summed E-state index contributed by atoms with van der Waals surface area (Å²) in [5.74, 6) is -0.217. The van der Waals surface area contributed by atoms with Crippen LogP contribution in [0.5, 0.6) is 0 Å². The van der Waals surface area contributed by atoms with E-state index in [-0.39, 0.29) is 11.7 Å². The van der Waals surface area contributed by atoms with Gasteiger partial charge in [-0.1, -0.05) is 32.0 Å². The molecule has 0 aliphatic carbocycles. The third kappa shape index (κ3) is 4.84. The molecule has 1 rings (SSSR count). The molecule has 1 amide bonds. The van der Waals surface area contributed by atoms with Crippen molar-refractivity contribution in [2.24, 2.45) is 0 Å². The van der Waals surface area contributed by atoms with Crippen molar-refractivity contribution >= 4 is 5.91 Å². The number of nitrogens with zero attached hydrogens (tertiary/aromatic N) is 1. The Bertz CT molecular complexity index is 378. The van der Waals surface area contributed by atoms with Crippen LogP contribution in [0.1, 0.15) is 19.4 Å². The summed E-state index contributed by atoms with van der Waals surface area (Å²) in [4.78, 5) is 13.6. The van der Waals surface area contributed by atoms with Crippen molar-refractivity contribution in [3.8, 4) is 0 Å². The topological polar surface area (TPSA) is 32.3 Å². The summed E-state index contributed by atoms with van der Waals surface area (Å²) in [6, 6.07) is 6.65. The normalized spacial score (nSPS) is 10.7. The van der Waals surface area contributed by atoms with Crippen LogP contribution < -0.4 is 5.32 Å². The van der Waals surface area contributed by atoms with Crippen LogP contribution in [0.15, 0.2) is 24.3 Å². The van der Waals surface area contributed by atoms with Crippen LogP contribution in [-0.4, -0.2) is 37.0 Å². The van der Waals surface area contributed by atoms with Gasteiger partial charge in [0.05, 0.1) is 6.54 Å². The SMILES string of the molecule is CCN(CC)CC(=O)NCCc1ccccc1F. The van der Waals surface area contributed by atoms with Crippen molar-refractivity contribution in [2.75, 3.05) is 26.2 Å². The van der Waals surface area contributed by atoms with Gasteiger partial charge in [0, 0.05) is 6.54 Å². The van der Waals surface area contributed by atoms with Crippen LogP contribution in [-0.2, 0) is 11.2 Å². The van der Waals surface area contributed by atoms with Crippen molar-refractivity contribution in [2.45, 2.75) is 20.3 Å². The summed E-state index contributed by atoms with van der Waals surface area (Å²) in [5.41, 5.74) is 0.639. The number of carbonyl (C=O) groups is 1. The fourth-order valence-corrected chi connectivity index (χ4v) is 1.74. The second kappa shape index (κ2) is 7.82. The number of likely N-dealkylation sites (N-methyl/N-ethyl adjacent to an activating group) is 1. The molecule has 0 bridgehead atoms. The molecule has 0 saturated heterocycles. The minimum atomic E-state index is -0.213. The number of benzene rings is 1. The second-order valence-corrected chi connectivity index (χ2v) is 4.15. The second-order valence-electron chi connectivity index (χ2n) is 4.15. The van der Waals surface area contributed by atoms with Crippen molar-refractivity contribution < 1.29 is 9.18 Å². The van der Waals surface area contributed by atoms with Gasteiger partial charge in [-0.3, -0.25) is 9.69 Å². The van der Waals surface area contributed by atoms with Gasteiger partial charge in [0.15, 0.2) is 0 Å². The summed E-state index contributed by atoms with van der Waals surface area (Å²) in [7, 11) is 0. The molecule has 0 aliphatic rings. The molecule has 1 aromatic carbocycles. The lowest BCUT2D eigenvalue weighted by molar-refractivity contribution is -0.122. The van der Waals surface area contributed by atoms with Crippen LogP contribution >= 0.6 is 0 Å². The van der Waals surface area contributed by atoms with Crippen molar-refractivity contribution in [1.29, 1.82) is 0 Å². The van der Waals surface area contributed by atoms with Gasteiger partial charge in [-0.05, 0) is 31.1 Å². The predicted octanol–water partition coefficient (Wildman–Crippen LogP) is 1.83. The third-order valence-corrected chi connectivity index (χ3v) is 2.94. The van der Waals surface area contributed by atoms with Gasteiger partial charge >= 0.3 is 0 Å². The monoisotopic (exact) mass is 252 g/mol. The van der Waals surface area contributed by atoms with Crippen LogP contribution in [0.3, 0.4) is 0 Å². The first kappa shape index (κ1) is 14.6. The first-order valence-electron chi connectivity index (χ1n) is 6.39. The van der Waals surface area contributed by atoms with Gasteiger partial charge in [0.2, 0.25) is 5.91 Å². The lowest BCUT2D eigenvalue weighted by Crippen LogP contribution is -2.37. The van der Waals surface area contributed by atoms with Gasteiger partial charge < -0.3 is 5.32 Å². The Balaban J connectivity index is 2.29. The molecule has 0 heterocycles. The molecule has 0 radical (unpaired) electrons. The van der Waals surface area contributed by atoms with E-state index in [0.717, 1.165) is 13.1 Å². The first-order chi connectivity index (χ1) is 8.67. The summed E-state index contributed by atoms with van der Waals surface area (Å²) in [6.45, 7) is 6.64. The van der Waals surface area contributed by atoms with Crippen LogP contribution in [0.25, 0.3) is 0 Å². The highest BCUT2D eigenvalue weighted by Gasteiger charge is 2.07. The van der Waals surface area contributed by atoms with E-state index in [1.807, 2.05) is 18.7 Å². The fraction of sp³-hybridized carbons (Fsp3) is 0.500. The van der Waals surface area contributed by atoms with E-state index in [0.29, 0.717) is 25.1 Å². The number of hydrogen-bond acceptors (Lipinski definition) is 2. The summed E-state index contributed by atoms with van der Waals surface area (Å²) in [6.07, 6.45) is 0.524. The molecule has 1 N–H and O–H groups in total. The van der Waals surface area contributed by atoms with E-state index >= 15 is 0 Å². The maximum atomic E-state index is 13.3. The van der Waals surface area contributed by atoms with Crippen molar-refractivity contribution in [3.63, 3.8) is 0 Å². The van der Waals surface area contributed by atoms with Gasteiger partial charge in [0.1, 0.15) is 5.82 Å². The molecule has 18 heavy (non-hydrogen) atoms. The molecule has 0 aromatic heterocycles. The number of nitrogens with one attached hydrogen (secondary N) is 1. The summed E-state index contributed by atoms with van der Waals surface area (Å²) < 4.78 is 13.3. The summed E-state index contributed by atoms with van der Waals surface area (Å²) >= 11 is 0. The molecule has 0 aliphatic heterocycles. The lowest BCUT2D eigenvalue weighted by Gasteiger charge is -2.17. The Morgan fingerprint density at radius 2 is 1.94 bits per heavy atom. The van der Waals surface area contributed by atoms with E-state index in [9.17, 15) is 9.18 Å². The van der Waals surface area contributed by atoms with Gasteiger partial charge in [-0.15, -0.1) is 0 Å². The molecule has 100 valence electrons. The summed E-state index contributed by atoms with van der Waals surface area (Å²) in [5, 5.41) is 2.81. The van der Waals surface area contributed by atoms with Gasteiger partial charge in [0.25, 0.3) is 0 Å². The lowest BCUT2D eigenvalue weighted by atomic mass is 10.1. The molecule has 3 nitrogen and oxygen atoms in total. The van der Waals surface area contributed by atoms with Crippen LogP contribution in [0, 0.1) is 5.82 Å². The van der Waals surface area contributed by atoms with Gasteiger partial charge in [-0.2, -0.15) is 0 Å². The minimum Gasteiger partial charge on any atom is -0.355 e. The highest BCUT2D eigenvalue weighted by Crippen LogP contribution is 2.06. The Morgan fingerprint density at radius 1 is 1.28 bits per heavy atom. The Hall–Kier alpha value is -1.42. The highest BCUT2D eigenvalue weighted by molar-refractivity contribution is 5.77. The Kier molecular flexibility index (Phi) is 6.36. The van der Waals surface area contributed by atoms with Crippen LogP contribution in [0.4, 0.5) is 4.39 Å². The first-order valence-corrected chi connectivity index (χ1v) is 6.39. The van der Waals surface area contributed by atoms with E-state index in [4.69, 9.17) is 0 Å². The van der Waals surface area contributed by atoms with E-state index in [1.165, 1.54) is 6.07 Å². The fourth-order valence-electron chi connectivity index (χ4n) is 1.74. The van der Waals surface area contributed by atoms with E-state index in [1.54, 1.807) is 18.2 Å². The number of amides is 1. The predicted molar refractivity (Wildman–Crippen MR) is 70.9 cm³/mol. The largest absolute Gasteiger partial charge is 0.355 e. The zero-order chi connectivity index (χ0) is 13.4. The van der Waals surface area contributed by atoms with Crippen LogP contribution in [0.2, 0.25) is 0 Å². The zero-order valence-corrected chi connectivity index (χ0v) is 11.1. The van der Waals surface area contributed by atoms with E-state index in [2.05, 4.69) is 5.32 Å². The maximum absolute atomic E-state index is 13.3. The molecule has 0 fully saturated rings. The average molecular weight is 252 g/mol. The molecule has 0 spiro atoms. The molecule has 4 heteroatoms. The Morgan fingerprint density at radius 3 is 2.56 bits per heavy atom. The Labute approximate surface area is 108 Å². The smallest absolute Gasteiger partial charge is 0.234 e. The minimum absolute atomic E-state index is 0.00459. The molecule has 1 aromatic rings. The quantitative estimate of drug-likeness (QED) is 0.803.